The normalized spacial score (nSPS) is 11.7. The standard InChI is InChI=1S/C17H16Cl2FN3O2/c1-10(12-7-15(20)14(19)8-13(12)18)21-9-16(24)23-17(25)22-11-5-3-2-4-6-11/h2-8,10,21H,9H2,1H3,(H2,22,23,24,25)/p+1/t10-/m1/s1. The smallest absolute Gasteiger partial charge is 0.326 e. The first-order valence-electron chi connectivity index (χ1n) is 7.50. The lowest BCUT2D eigenvalue weighted by molar-refractivity contribution is -0.682. The molecule has 0 saturated carbocycles. The third-order valence-electron chi connectivity index (χ3n) is 3.47. The van der Waals surface area contributed by atoms with Crippen molar-refractivity contribution < 1.29 is 19.3 Å². The summed E-state index contributed by atoms with van der Waals surface area (Å²) in [6.45, 7) is 1.75. The average molecular weight is 385 g/mol. The van der Waals surface area contributed by atoms with Gasteiger partial charge in [-0.1, -0.05) is 41.4 Å². The fourth-order valence-corrected chi connectivity index (χ4v) is 2.71. The largest absolute Gasteiger partial charge is 0.332 e. The number of hydrogen-bond donors (Lipinski definition) is 3. The van der Waals surface area contributed by atoms with Crippen molar-refractivity contribution in [2.45, 2.75) is 13.0 Å². The molecule has 2 aromatic rings. The van der Waals surface area contributed by atoms with Crippen LogP contribution in [-0.4, -0.2) is 18.5 Å². The van der Waals surface area contributed by atoms with Crippen molar-refractivity contribution in [1.82, 2.24) is 5.32 Å². The maximum atomic E-state index is 13.6. The molecule has 0 aliphatic rings. The number of carbonyl (C=O) groups excluding carboxylic acids is 2. The van der Waals surface area contributed by atoms with Crippen LogP contribution >= 0.6 is 23.2 Å². The molecule has 0 spiro atoms. The van der Waals surface area contributed by atoms with E-state index in [2.05, 4.69) is 10.6 Å². The molecule has 8 heteroatoms. The molecular weight excluding hydrogens is 368 g/mol. The van der Waals surface area contributed by atoms with Gasteiger partial charge in [-0.3, -0.25) is 10.1 Å². The number of anilines is 1. The molecule has 0 aliphatic carbocycles. The van der Waals surface area contributed by atoms with Gasteiger partial charge in [-0.25, -0.2) is 9.18 Å². The SMILES string of the molecule is C[C@@H]([NH2+]CC(=O)NC(=O)Nc1ccccc1)c1cc(F)c(Cl)cc1Cl. The lowest BCUT2D eigenvalue weighted by Crippen LogP contribution is -2.87. The van der Waals surface area contributed by atoms with Crippen molar-refractivity contribution in [1.29, 1.82) is 0 Å². The molecule has 0 saturated heterocycles. The molecule has 0 fully saturated rings. The van der Waals surface area contributed by atoms with E-state index in [1.807, 2.05) is 6.07 Å². The average Bonchev–Trinajstić information content (AvgIpc) is 2.56. The Kier molecular flexibility index (Phi) is 6.75. The number of nitrogens with one attached hydrogen (secondary N) is 2. The monoisotopic (exact) mass is 384 g/mol. The van der Waals surface area contributed by atoms with E-state index >= 15 is 0 Å². The fraction of sp³-hybridized carbons (Fsp3) is 0.176. The maximum absolute atomic E-state index is 13.6. The summed E-state index contributed by atoms with van der Waals surface area (Å²) in [6.07, 6.45) is 0. The van der Waals surface area contributed by atoms with E-state index in [1.165, 1.54) is 12.1 Å². The van der Waals surface area contributed by atoms with Crippen LogP contribution in [0, 0.1) is 5.82 Å². The number of halogens is 3. The number of quaternary nitrogens is 1. The summed E-state index contributed by atoms with van der Waals surface area (Å²) in [7, 11) is 0. The molecule has 3 amide bonds. The van der Waals surface area contributed by atoms with Crippen molar-refractivity contribution in [3.63, 3.8) is 0 Å². The van der Waals surface area contributed by atoms with E-state index in [-0.39, 0.29) is 17.6 Å². The predicted octanol–water partition coefficient (Wildman–Crippen LogP) is 3.11. The molecule has 0 bridgehead atoms. The Labute approximate surface area is 154 Å². The number of urea groups is 1. The quantitative estimate of drug-likeness (QED) is 0.692. The fourth-order valence-electron chi connectivity index (χ4n) is 2.16. The first kappa shape index (κ1) is 19.2. The van der Waals surface area contributed by atoms with Crippen LogP contribution in [0.4, 0.5) is 14.9 Å². The summed E-state index contributed by atoms with van der Waals surface area (Å²) in [5.41, 5.74) is 1.10. The molecule has 0 unspecified atom stereocenters. The lowest BCUT2D eigenvalue weighted by Gasteiger charge is -2.13. The van der Waals surface area contributed by atoms with Gasteiger partial charge in [0.25, 0.3) is 5.91 Å². The van der Waals surface area contributed by atoms with Crippen molar-refractivity contribution in [2.75, 3.05) is 11.9 Å². The summed E-state index contributed by atoms with van der Waals surface area (Å²) >= 11 is 11.7. The third-order valence-corrected chi connectivity index (χ3v) is 4.09. The van der Waals surface area contributed by atoms with Crippen LogP contribution in [0.2, 0.25) is 10.0 Å². The number of imide groups is 1. The van der Waals surface area contributed by atoms with Crippen LogP contribution in [0.25, 0.3) is 0 Å². The van der Waals surface area contributed by atoms with Crippen molar-refractivity contribution in [3.8, 4) is 0 Å². The third kappa shape index (κ3) is 5.70. The van der Waals surface area contributed by atoms with Gasteiger partial charge in [0, 0.05) is 11.3 Å². The van der Waals surface area contributed by atoms with E-state index in [0.29, 0.717) is 16.3 Å². The van der Waals surface area contributed by atoms with Crippen LogP contribution in [0.1, 0.15) is 18.5 Å². The zero-order valence-corrected chi connectivity index (χ0v) is 14.9. The minimum absolute atomic E-state index is 0.0239. The number of para-hydroxylation sites is 1. The second-order valence-electron chi connectivity index (χ2n) is 5.38. The first-order valence-corrected chi connectivity index (χ1v) is 8.26. The molecular formula is C17H17Cl2FN3O2+. The minimum Gasteiger partial charge on any atom is -0.332 e. The second-order valence-corrected chi connectivity index (χ2v) is 6.20. The zero-order valence-electron chi connectivity index (χ0n) is 13.4. The molecule has 5 nitrogen and oxygen atoms in total. The van der Waals surface area contributed by atoms with Crippen molar-refractivity contribution in [2.24, 2.45) is 0 Å². The highest BCUT2D eigenvalue weighted by Gasteiger charge is 2.18. The molecule has 4 N–H and O–H groups in total. The molecule has 0 aliphatic heterocycles. The van der Waals surface area contributed by atoms with Gasteiger partial charge in [0.05, 0.1) is 10.0 Å². The van der Waals surface area contributed by atoms with Gasteiger partial charge < -0.3 is 10.6 Å². The van der Waals surface area contributed by atoms with Gasteiger partial charge in [-0.15, -0.1) is 0 Å². The van der Waals surface area contributed by atoms with Crippen LogP contribution in [0.15, 0.2) is 42.5 Å². The number of hydrogen-bond acceptors (Lipinski definition) is 2. The number of amides is 3. The van der Waals surface area contributed by atoms with Gasteiger partial charge in [-0.2, -0.15) is 0 Å². The zero-order chi connectivity index (χ0) is 18.4. The Hall–Kier alpha value is -2.15. The number of nitrogens with two attached hydrogens (primary N) is 1. The molecule has 1 atom stereocenters. The van der Waals surface area contributed by atoms with Gasteiger partial charge in [0.2, 0.25) is 0 Å². The number of rotatable bonds is 5. The molecule has 25 heavy (non-hydrogen) atoms. The van der Waals surface area contributed by atoms with E-state index in [9.17, 15) is 14.0 Å². The predicted molar refractivity (Wildman–Crippen MR) is 95.2 cm³/mol. The first-order chi connectivity index (χ1) is 11.9. The van der Waals surface area contributed by atoms with Crippen LogP contribution in [-0.2, 0) is 4.79 Å². The van der Waals surface area contributed by atoms with Crippen LogP contribution in [0.3, 0.4) is 0 Å². The van der Waals surface area contributed by atoms with E-state index < -0.39 is 17.8 Å². The summed E-state index contributed by atoms with van der Waals surface area (Å²) < 4.78 is 13.6. The molecule has 2 aromatic carbocycles. The maximum Gasteiger partial charge on any atom is 0.326 e. The molecule has 0 aromatic heterocycles. The molecule has 2 rings (SSSR count). The number of benzene rings is 2. The summed E-state index contributed by atoms with van der Waals surface area (Å²) in [4.78, 5) is 23.6. The van der Waals surface area contributed by atoms with Crippen LogP contribution < -0.4 is 16.0 Å². The van der Waals surface area contributed by atoms with Gasteiger partial charge in [-0.05, 0) is 31.2 Å². The Balaban J connectivity index is 1.85. The molecule has 0 heterocycles. The van der Waals surface area contributed by atoms with E-state index in [4.69, 9.17) is 23.2 Å². The summed E-state index contributed by atoms with van der Waals surface area (Å²) in [5, 5.41) is 6.66. The Morgan fingerprint density at radius 2 is 1.84 bits per heavy atom. The van der Waals surface area contributed by atoms with E-state index in [1.54, 1.807) is 36.5 Å². The lowest BCUT2D eigenvalue weighted by atomic mass is 10.1. The van der Waals surface area contributed by atoms with Crippen LogP contribution in [0.5, 0.6) is 0 Å². The highest BCUT2D eigenvalue weighted by Crippen LogP contribution is 2.27. The van der Waals surface area contributed by atoms with Crippen molar-refractivity contribution in [3.05, 3.63) is 63.9 Å². The highest BCUT2D eigenvalue weighted by molar-refractivity contribution is 6.35. The molecule has 132 valence electrons. The minimum atomic E-state index is -0.618. The Morgan fingerprint density at radius 3 is 2.52 bits per heavy atom. The van der Waals surface area contributed by atoms with E-state index in [0.717, 1.165) is 0 Å². The second kappa shape index (κ2) is 8.80. The topological polar surface area (TPSA) is 74.8 Å². The summed E-state index contributed by atoms with van der Waals surface area (Å²) in [5.74, 6) is -1.06. The molecule has 0 radical (unpaired) electrons. The van der Waals surface area contributed by atoms with Gasteiger partial charge >= 0.3 is 6.03 Å². The van der Waals surface area contributed by atoms with Gasteiger partial charge in [0.15, 0.2) is 6.54 Å². The van der Waals surface area contributed by atoms with Gasteiger partial charge in [0.1, 0.15) is 11.9 Å². The van der Waals surface area contributed by atoms with Crippen molar-refractivity contribution >= 4 is 40.8 Å². The Bertz CT molecular complexity index is 772. The summed E-state index contributed by atoms with van der Waals surface area (Å²) in [6, 6.07) is 10.4. The highest BCUT2D eigenvalue weighted by atomic mass is 35.5. The number of carbonyl (C=O) groups is 2. The Morgan fingerprint density at radius 1 is 1.16 bits per heavy atom.